The first-order chi connectivity index (χ1) is 16.7. The normalized spacial score (nSPS) is 17.1. The Balaban J connectivity index is 1.94. The van der Waals surface area contributed by atoms with E-state index in [-0.39, 0.29) is 21.3 Å². The highest BCUT2D eigenvalue weighted by Gasteiger charge is 2.48. The fraction of sp³-hybridized carbons (Fsp3) is 0.200. The Hall–Kier alpha value is -3.50. The number of hydrogen-bond acceptors (Lipinski definition) is 8. The second-order valence-corrected chi connectivity index (χ2v) is 9.70. The van der Waals surface area contributed by atoms with Crippen molar-refractivity contribution >= 4 is 55.8 Å². The van der Waals surface area contributed by atoms with Gasteiger partial charge in [0, 0.05) is 10.0 Å². The molecule has 0 spiro atoms. The van der Waals surface area contributed by atoms with Crippen LogP contribution >= 0.6 is 27.3 Å². The van der Waals surface area contributed by atoms with Gasteiger partial charge in [0.25, 0.3) is 5.78 Å². The van der Waals surface area contributed by atoms with Gasteiger partial charge in [-0.15, -0.1) is 0 Å². The second kappa shape index (κ2) is 9.63. The van der Waals surface area contributed by atoms with Gasteiger partial charge in [-0.2, -0.15) is 0 Å². The fourth-order valence-corrected chi connectivity index (χ4v) is 5.21. The van der Waals surface area contributed by atoms with Crippen LogP contribution < -0.4 is 9.64 Å². The van der Waals surface area contributed by atoms with Crippen LogP contribution in [-0.2, 0) is 14.3 Å². The van der Waals surface area contributed by atoms with Gasteiger partial charge in [0.15, 0.2) is 5.13 Å². The third-order valence-electron chi connectivity index (χ3n) is 5.68. The van der Waals surface area contributed by atoms with E-state index in [2.05, 4.69) is 20.9 Å². The van der Waals surface area contributed by atoms with Gasteiger partial charge in [-0.25, -0.2) is 9.78 Å². The third-order valence-corrected chi connectivity index (χ3v) is 7.35. The summed E-state index contributed by atoms with van der Waals surface area (Å²) in [4.78, 5) is 44.6. The van der Waals surface area contributed by atoms with E-state index < -0.39 is 23.7 Å². The molecular formula is C25H21BrN2O6S. The number of aliphatic hydroxyl groups is 1. The maximum absolute atomic E-state index is 13.3. The SMILES string of the molecule is COC(=O)c1sc(N2C(=O)C(=O)/C(=C(/O)c3ccc(OC)cc3C)[C@@H]2c2ccc(Br)cc2)nc1C. The highest BCUT2D eigenvalue weighted by atomic mass is 79.9. The number of nitrogens with zero attached hydrogens (tertiary/aromatic N) is 2. The van der Waals surface area contributed by atoms with Crippen molar-refractivity contribution in [2.24, 2.45) is 0 Å². The summed E-state index contributed by atoms with van der Waals surface area (Å²) in [6, 6.07) is 11.1. The lowest BCUT2D eigenvalue weighted by molar-refractivity contribution is -0.132. The number of aliphatic hydroxyl groups excluding tert-OH is 1. The molecule has 1 aliphatic heterocycles. The van der Waals surface area contributed by atoms with Gasteiger partial charge in [-0.3, -0.25) is 14.5 Å². The first-order valence-electron chi connectivity index (χ1n) is 10.4. The molecule has 0 saturated carbocycles. The molecule has 35 heavy (non-hydrogen) atoms. The number of amides is 1. The summed E-state index contributed by atoms with van der Waals surface area (Å²) in [5, 5.41) is 11.5. The molecule has 1 aromatic heterocycles. The quantitative estimate of drug-likeness (QED) is 0.205. The smallest absolute Gasteiger partial charge is 0.350 e. The maximum Gasteiger partial charge on any atom is 0.350 e. The molecular weight excluding hydrogens is 536 g/mol. The van der Waals surface area contributed by atoms with E-state index in [0.29, 0.717) is 28.1 Å². The molecule has 1 aliphatic rings. The average Bonchev–Trinajstić information content (AvgIpc) is 3.35. The van der Waals surface area contributed by atoms with Crippen molar-refractivity contribution in [1.82, 2.24) is 4.98 Å². The van der Waals surface area contributed by atoms with Gasteiger partial charge in [0.05, 0.1) is 31.5 Å². The van der Waals surface area contributed by atoms with Gasteiger partial charge in [-0.05, 0) is 55.3 Å². The number of methoxy groups -OCH3 is 2. The Morgan fingerprint density at radius 2 is 1.80 bits per heavy atom. The number of ketones is 1. The molecule has 1 saturated heterocycles. The van der Waals surface area contributed by atoms with Crippen LogP contribution in [0.15, 0.2) is 52.5 Å². The lowest BCUT2D eigenvalue weighted by Gasteiger charge is -2.23. The van der Waals surface area contributed by atoms with E-state index in [1.165, 1.54) is 19.1 Å². The topological polar surface area (TPSA) is 106 Å². The minimum atomic E-state index is -0.958. The predicted octanol–water partition coefficient (Wildman–Crippen LogP) is 4.94. The lowest BCUT2D eigenvalue weighted by Crippen LogP contribution is -2.29. The summed E-state index contributed by atoms with van der Waals surface area (Å²) in [7, 11) is 2.79. The minimum Gasteiger partial charge on any atom is -0.507 e. The van der Waals surface area contributed by atoms with Gasteiger partial charge in [0.1, 0.15) is 16.4 Å². The van der Waals surface area contributed by atoms with Crippen LogP contribution in [-0.4, -0.2) is 42.0 Å². The number of carbonyl (C=O) groups excluding carboxylic acids is 3. The molecule has 0 aliphatic carbocycles. The number of benzene rings is 2. The fourth-order valence-electron chi connectivity index (χ4n) is 3.93. The van der Waals surface area contributed by atoms with Crippen LogP contribution in [0.2, 0.25) is 0 Å². The lowest BCUT2D eigenvalue weighted by atomic mass is 9.94. The van der Waals surface area contributed by atoms with Crippen LogP contribution in [0.25, 0.3) is 5.76 Å². The summed E-state index contributed by atoms with van der Waals surface area (Å²) in [6.45, 7) is 3.40. The van der Waals surface area contributed by atoms with Gasteiger partial charge in [0.2, 0.25) is 0 Å². The summed E-state index contributed by atoms with van der Waals surface area (Å²) < 4.78 is 10.9. The van der Waals surface area contributed by atoms with E-state index in [1.807, 2.05) is 0 Å². The molecule has 2 aromatic carbocycles. The Bertz CT molecular complexity index is 1380. The number of Topliss-reactive ketones (excluding diaryl/α,β-unsaturated/α-hetero) is 1. The number of rotatable bonds is 5. The highest BCUT2D eigenvalue weighted by molar-refractivity contribution is 9.10. The number of ether oxygens (including phenoxy) is 2. The van der Waals surface area contributed by atoms with Crippen molar-refractivity contribution in [2.45, 2.75) is 19.9 Å². The van der Waals surface area contributed by atoms with E-state index >= 15 is 0 Å². The molecule has 1 amide bonds. The minimum absolute atomic E-state index is 0.0712. The molecule has 180 valence electrons. The van der Waals surface area contributed by atoms with Crippen LogP contribution in [0.4, 0.5) is 5.13 Å². The maximum atomic E-state index is 13.3. The van der Waals surface area contributed by atoms with Crippen LogP contribution in [0, 0.1) is 13.8 Å². The standard InChI is InChI=1S/C25H21BrN2O6S/c1-12-11-16(33-3)9-10-17(12)20(29)18-19(14-5-7-15(26)8-6-14)28(23(31)21(18)30)25-27-13(2)22(35-25)24(32)34-4/h5-11,19,29H,1-4H3/b20-18+/t19-/m0/s1. The van der Waals surface area contributed by atoms with Crippen LogP contribution in [0.5, 0.6) is 5.75 Å². The van der Waals surface area contributed by atoms with E-state index in [9.17, 15) is 19.5 Å². The zero-order valence-electron chi connectivity index (χ0n) is 19.3. The average molecular weight is 557 g/mol. The van der Waals surface area contributed by atoms with Crippen molar-refractivity contribution in [3.8, 4) is 5.75 Å². The van der Waals surface area contributed by atoms with Gasteiger partial charge < -0.3 is 14.6 Å². The Morgan fingerprint density at radius 1 is 1.11 bits per heavy atom. The number of aryl methyl sites for hydroxylation is 2. The van der Waals surface area contributed by atoms with Crippen molar-refractivity contribution in [2.75, 3.05) is 19.1 Å². The van der Waals surface area contributed by atoms with Gasteiger partial charge in [-0.1, -0.05) is 39.4 Å². The molecule has 0 radical (unpaired) electrons. The molecule has 1 N–H and O–H groups in total. The molecule has 1 fully saturated rings. The summed E-state index contributed by atoms with van der Waals surface area (Å²) in [5.74, 6) is -2.00. The van der Waals surface area contributed by atoms with Crippen molar-refractivity contribution in [3.05, 3.63) is 79.8 Å². The monoisotopic (exact) mass is 556 g/mol. The third kappa shape index (κ3) is 4.35. The first kappa shape index (κ1) is 24.6. The number of aromatic nitrogens is 1. The second-order valence-electron chi connectivity index (χ2n) is 7.80. The van der Waals surface area contributed by atoms with Crippen molar-refractivity contribution < 1.29 is 29.0 Å². The van der Waals surface area contributed by atoms with Crippen molar-refractivity contribution in [3.63, 3.8) is 0 Å². The Labute approximate surface area is 213 Å². The van der Waals surface area contributed by atoms with E-state index in [0.717, 1.165) is 15.8 Å². The van der Waals surface area contributed by atoms with Gasteiger partial charge >= 0.3 is 11.9 Å². The molecule has 2 heterocycles. The molecule has 4 rings (SSSR count). The van der Waals surface area contributed by atoms with E-state index in [4.69, 9.17) is 9.47 Å². The summed E-state index contributed by atoms with van der Waals surface area (Å²) >= 11 is 4.35. The first-order valence-corrected chi connectivity index (χ1v) is 12.1. The molecule has 0 bridgehead atoms. The molecule has 3 aromatic rings. The molecule has 10 heteroatoms. The zero-order chi connectivity index (χ0) is 25.4. The Morgan fingerprint density at radius 3 is 2.40 bits per heavy atom. The number of carbonyl (C=O) groups is 3. The number of anilines is 1. The van der Waals surface area contributed by atoms with Crippen LogP contribution in [0.1, 0.15) is 38.1 Å². The van der Waals surface area contributed by atoms with E-state index in [1.54, 1.807) is 56.3 Å². The highest BCUT2D eigenvalue weighted by Crippen LogP contribution is 2.44. The van der Waals surface area contributed by atoms with Crippen LogP contribution in [0.3, 0.4) is 0 Å². The number of esters is 1. The largest absolute Gasteiger partial charge is 0.507 e. The number of hydrogen-bond donors (Lipinski definition) is 1. The molecule has 8 nitrogen and oxygen atoms in total. The number of thiazole rings is 1. The zero-order valence-corrected chi connectivity index (χ0v) is 21.7. The molecule has 1 atom stereocenters. The Kier molecular flexibility index (Phi) is 6.77. The number of halogens is 1. The summed E-state index contributed by atoms with van der Waals surface area (Å²) in [5.41, 5.74) is 1.96. The van der Waals surface area contributed by atoms with Crippen molar-refractivity contribution in [1.29, 1.82) is 0 Å². The predicted molar refractivity (Wildman–Crippen MR) is 135 cm³/mol. The molecule has 0 unspecified atom stereocenters. The summed E-state index contributed by atoms with van der Waals surface area (Å²) in [6.07, 6.45) is 0.